The van der Waals surface area contributed by atoms with E-state index in [1.54, 1.807) is 48.5 Å². The first-order valence-corrected chi connectivity index (χ1v) is 17.7. The Morgan fingerprint density at radius 1 is 0.904 bits per heavy atom. The lowest BCUT2D eigenvalue weighted by Gasteiger charge is -2.55. The number of rotatable bonds is 6. The van der Waals surface area contributed by atoms with Crippen molar-refractivity contribution in [2.45, 2.75) is 24.2 Å². The van der Waals surface area contributed by atoms with Crippen LogP contribution in [0.2, 0.25) is 0 Å². The van der Waals surface area contributed by atoms with Gasteiger partial charge in [-0.25, -0.2) is 4.90 Å². The van der Waals surface area contributed by atoms with Crippen molar-refractivity contribution in [1.29, 1.82) is 0 Å². The van der Waals surface area contributed by atoms with Crippen LogP contribution in [0.4, 0.5) is 11.4 Å². The quantitative estimate of drug-likeness (QED) is 0.0950. The first-order chi connectivity index (χ1) is 25.1. The van der Waals surface area contributed by atoms with Gasteiger partial charge in [-0.3, -0.25) is 29.3 Å². The summed E-state index contributed by atoms with van der Waals surface area (Å²) in [5.74, 6) is -6.04. The lowest BCUT2D eigenvalue weighted by atomic mass is 9.44. The van der Waals surface area contributed by atoms with Gasteiger partial charge in [-0.1, -0.05) is 94.3 Å². The number of ketones is 2. The first kappa shape index (κ1) is 33.5. The molecule has 0 aromatic heterocycles. The minimum absolute atomic E-state index is 0.0703. The van der Waals surface area contributed by atoms with Crippen molar-refractivity contribution in [1.82, 2.24) is 0 Å². The number of imide groups is 1. The van der Waals surface area contributed by atoms with Crippen molar-refractivity contribution < 1.29 is 33.9 Å². The van der Waals surface area contributed by atoms with Gasteiger partial charge in [-0.05, 0) is 54.2 Å². The number of carbonyl (C=O) groups is 4. The van der Waals surface area contributed by atoms with Gasteiger partial charge < -0.3 is 9.84 Å². The summed E-state index contributed by atoms with van der Waals surface area (Å²) in [6, 6.07) is 26.8. The standard InChI is InChI=1S/C41H31BrN2O8/c1-52-33-18-24(42)17-31(38(33)47)36-27-15-16-28-35(40(49)43(39(28)48)25-13-8-14-26(19-25)44(50)51)30(27)20-32-37(46)29(22-9-4-2-5-10-22)21-34(45)41(32,36)23-11-6-3-7-12-23/h2-15,17-19,21,28,30,32,35-36,47H,16,20H2,1H3/t28-,30+,32-,35-,36+,41-/m0/s1. The molecular weight excluding hydrogens is 728 g/mol. The Kier molecular flexibility index (Phi) is 8.06. The summed E-state index contributed by atoms with van der Waals surface area (Å²) in [4.78, 5) is 71.0. The van der Waals surface area contributed by atoms with E-state index in [1.165, 1.54) is 37.5 Å². The van der Waals surface area contributed by atoms with Crippen molar-refractivity contribution in [3.63, 3.8) is 0 Å². The molecule has 52 heavy (non-hydrogen) atoms. The van der Waals surface area contributed by atoms with Gasteiger partial charge >= 0.3 is 0 Å². The van der Waals surface area contributed by atoms with Gasteiger partial charge in [-0.15, -0.1) is 0 Å². The van der Waals surface area contributed by atoms with Crippen molar-refractivity contribution in [3.8, 4) is 11.5 Å². The number of phenolic OH excluding ortho intramolecular Hbond substituents is 1. The zero-order valence-corrected chi connectivity index (χ0v) is 29.4. The number of ether oxygens (including phenoxy) is 1. The number of amides is 2. The summed E-state index contributed by atoms with van der Waals surface area (Å²) in [6.45, 7) is 0. The van der Waals surface area contributed by atoms with Crippen LogP contribution >= 0.6 is 15.9 Å². The molecule has 1 heterocycles. The molecule has 1 N–H and O–H groups in total. The molecule has 4 aliphatic rings. The highest BCUT2D eigenvalue weighted by atomic mass is 79.9. The topological polar surface area (TPSA) is 144 Å². The summed E-state index contributed by atoms with van der Waals surface area (Å²) < 4.78 is 6.13. The molecule has 10 nitrogen and oxygen atoms in total. The second kappa shape index (κ2) is 12.5. The van der Waals surface area contributed by atoms with Crippen LogP contribution in [0.1, 0.15) is 35.4 Å². The van der Waals surface area contributed by atoms with E-state index in [2.05, 4.69) is 15.9 Å². The van der Waals surface area contributed by atoms with Crippen LogP contribution in [0.3, 0.4) is 0 Å². The van der Waals surface area contributed by atoms with Gasteiger partial charge in [-0.2, -0.15) is 0 Å². The van der Waals surface area contributed by atoms with Gasteiger partial charge in [0.25, 0.3) is 5.69 Å². The second-order valence-electron chi connectivity index (χ2n) is 13.6. The van der Waals surface area contributed by atoms with Gasteiger partial charge in [0.1, 0.15) is 0 Å². The molecule has 11 heteroatoms. The van der Waals surface area contributed by atoms with Crippen LogP contribution in [0.5, 0.6) is 11.5 Å². The number of nitro groups is 1. The average molecular weight is 760 g/mol. The van der Waals surface area contributed by atoms with Gasteiger partial charge in [0, 0.05) is 39.6 Å². The van der Waals surface area contributed by atoms with Crippen LogP contribution in [0, 0.1) is 33.8 Å². The lowest BCUT2D eigenvalue weighted by Crippen LogP contribution is -2.58. The predicted octanol–water partition coefficient (Wildman–Crippen LogP) is 7.10. The summed E-state index contributed by atoms with van der Waals surface area (Å²) >= 11 is 3.56. The number of aromatic hydroxyl groups is 1. The molecule has 3 aliphatic carbocycles. The molecule has 4 aromatic rings. The molecule has 8 rings (SSSR count). The molecule has 1 saturated heterocycles. The SMILES string of the molecule is COc1cc(Br)cc([C@H]2C3=CC[C@@H]4C(=O)N(c5cccc([N+](=O)[O-])c5)C(=O)[C@@H]4[C@@H]3C[C@H]3C(=O)C(c4ccccc4)=CC(=O)[C@@]23c2ccccc2)c1O. The number of halogens is 1. The maximum absolute atomic E-state index is 15.2. The van der Waals surface area contributed by atoms with E-state index in [1.807, 2.05) is 30.3 Å². The average Bonchev–Trinajstić information content (AvgIpc) is 3.42. The Labute approximate surface area is 306 Å². The van der Waals surface area contributed by atoms with Gasteiger partial charge in [0.2, 0.25) is 11.8 Å². The van der Waals surface area contributed by atoms with E-state index in [9.17, 15) is 24.8 Å². The van der Waals surface area contributed by atoms with Crippen LogP contribution in [-0.4, -0.2) is 40.5 Å². The fourth-order valence-electron chi connectivity index (χ4n) is 9.19. The number of benzene rings is 4. The van der Waals surface area contributed by atoms with Crippen molar-refractivity contribution in [2.75, 3.05) is 12.0 Å². The summed E-state index contributed by atoms with van der Waals surface area (Å²) in [7, 11) is 1.42. The van der Waals surface area contributed by atoms with E-state index in [4.69, 9.17) is 4.74 Å². The zero-order chi connectivity index (χ0) is 36.5. The number of hydrogen-bond donors (Lipinski definition) is 1. The maximum Gasteiger partial charge on any atom is 0.271 e. The monoisotopic (exact) mass is 758 g/mol. The lowest BCUT2D eigenvalue weighted by molar-refractivity contribution is -0.384. The molecule has 2 amide bonds. The Bertz CT molecular complexity index is 2270. The van der Waals surface area contributed by atoms with Crippen LogP contribution in [-0.2, 0) is 24.6 Å². The minimum atomic E-state index is -1.54. The minimum Gasteiger partial charge on any atom is -0.504 e. The summed E-state index contributed by atoms with van der Waals surface area (Å²) in [5, 5.41) is 23.5. The number of anilines is 1. The number of phenols is 1. The van der Waals surface area contributed by atoms with E-state index >= 15 is 9.59 Å². The number of nitro benzene ring substituents is 1. The first-order valence-electron chi connectivity index (χ1n) is 16.9. The Hall–Kier alpha value is -5.68. The smallest absolute Gasteiger partial charge is 0.271 e. The van der Waals surface area contributed by atoms with Crippen LogP contribution < -0.4 is 9.64 Å². The number of hydrogen-bond acceptors (Lipinski definition) is 8. The Morgan fingerprint density at radius 2 is 1.62 bits per heavy atom. The molecule has 0 unspecified atom stereocenters. The third-order valence-electron chi connectivity index (χ3n) is 11.3. The number of carbonyl (C=O) groups excluding carboxylic acids is 4. The predicted molar refractivity (Wildman–Crippen MR) is 195 cm³/mol. The zero-order valence-electron chi connectivity index (χ0n) is 27.8. The molecule has 0 spiro atoms. The van der Waals surface area contributed by atoms with Gasteiger partial charge in [0.15, 0.2) is 23.1 Å². The molecule has 0 radical (unpaired) electrons. The fraction of sp³-hybridized carbons (Fsp3) is 0.220. The third kappa shape index (κ3) is 4.82. The second-order valence-corrected chi connectivity index (χ2v) is 14.5. The Balaban J connectivity index is 1.37. The number of nitrogens with zero attached hydrogens (tertiary/aromatic N) is 2. The molecule has 1 saturated carbocycles. The van der Waals surface area contributed by atoms with Crippen molar-refractivity contribution in [2.24, 2.45) is 23.7 Å². The largest absolute Gasteiger partial charge is 0.504 e. The van der Waals surface area contributed by atoms with Crippen molar-refractivity contribution in [3.05, 3.63) is 146 Å². The molecule has 0 bridgehead atoms. The number of non-ortho nitro benzene ring substituents is 1. The fourth-order valence-corrected chi connectivity index (χ4v) is 9.64. The number of methoxy groups -OCH3 is 1. The van der Waals surface area contributed by atoms with Gasteiger partial charge in [0.05, 0.1) is 35.0 Å². The summed E-state index contributed by atoms with van der Waals surface area (Å²) in [5.41, 5.74) is 0.707. The van der Waals surface area contributed by atoms with E-state index in [0.717, 1.165) is 4.90 Å². The number of Topliss-reactive ketones (excluding diaryl/α,β-unsaturated/α-hetero) is 1. The number of fused-ring (bicyclic) bond motifs is 4. The van der Waals surface area contributed by atoms with Crippen molar-refractivity contribution >= 4 is 56.3 Å². The molecule has 6 atom stereocenters. The third-order valence-corrected chi connectivity index (χ3v) is 11.7. The number of allylic oxidation sites excluding steroid dienone is 4. The highest BCUT2D eigenvalue weighted by Gasteiger charge is 2.66. The summed E-state index contributed by atoms with van der Waals surface area (Å²) in [6.07, 6.45) is 3.53. The molecule has 2 fully saturated rings. The highest BCUT2D eigenvalue weighted by molar-refractivity contribution is 9.10. The normalized spacial score (nSPS) is 26.6. The molecule has 1 aliphatic heterocycles. The van der Waals surface area contributed by atoms with E-state index in [0.29, 0.717) is 26.7 Å². The van der Waals surface area contributed by atoms with Crippen LogP contribution in [0.25, 0.3) is 5.57 Å². The Morgan fingerprint density at radius 3 is 2.31 bits per heavy atom. The highest BCUT2D eigenvalue weighted by Crippen LogP contribution is 2.65. The molecule has 260 valence electrons. The van der Waals surface area contributed by atoms with Crippen LogP contribution in [0.15, 0.2) is 119 Å². The van der Waals surface area contributed by atoms with E-state index < -0.39 is 51.7 Å². The van der Waals surface area contributed by atoms with E-state index in [-0.39, 0.29) is 52.9 Å². The maximum atomic E-state index is 15.2. The molecular formula is C41H31BrN2O8. The molecule has 4 aromatic carbocycles.